The van der Waals surface area contributed by atoms with Gasteiger partial charge in [0.05, 0.1) is 0 Å². The summed E-state index contributed by atoms with van der Waals surface area (Å²) in [6.07, 6.45) is 0. The molecule has 0 fully saturated rings. The van der Waals surface area contributed by atoms with Gasteiger partial charge in [-0.3, -0.25) is 0 Å². The molecule has 0 radical (unpaired) electrons. The van der Waals surface area contributed by atoms with Gasteiger partial charge in [0.15, 0.2) is 11.6 Å². The van der Waals surface area contributed by atoms with E-state index in [4.69, 9.17) is 4.74 Å². The molecule has 0 heterocycles. The van der Waals surface area contributed by atoms with Gasteiger partial charge in [0.1, 0.15) is 29.0 Å². The van der Waals surface area contributed by atoms with Gasteiger partial charge in [0.25, 0.3) is 0 Å². The lowest BCUT2D eigenvalue weighted by Gasteiger charge is -2.19. The number of hydrogen-bond donors (Lipinski definition) is 0. The van der Waals surface area contributed by atoms with Gasteiger partial charge in [0.2, 0.25) is 0 Å². The number of hydrogen-bond acceptors (Lipinski definition) is 3. The summed E-state index contributed by atoms with van der Waals surface area (Å²) in [5.41, 5.74) is 1.65. The number of halogens is 1. The number of rotatable bonds is 4. The largest absolute Gasteiger partial charge is 0.454 e. The molecule has 0 aromatic heterocycles. The van der Waals surface area contributed by atoms with Crippen LogP contribution in [0.2, 0.25) is 0 Å². The van der Waals surface area contributed by atoms with Crippen LogP contribution in [-0.2, 0) is 0 Å². The van der Waals surface area contributed by atoms with Crippen molar-refractivity contribution < 1.29 is 9.13 Å². The minimum absolute atomic E-state index is 0.0813. The number of nitrogens with zero attached hydrogens (tertiary/aromatic N) is 2. The van der Waals surface area contributed by atoms with Crippen LogP contribution in [0.5, 0.6) is 11.5 Å². The van der Waals surface area contributed by atoms with Gasteiger partial charge in [-0.25, -0.2) is 4.39 Å². The Bertz CT molecular complexity index is 1270. The third-order valence-corrected chi connectivity index (χ3v) is 4.70. The van der Waals surface area contributed by atoms with Crippen molar-refractivity contribution >= 4 is 0 Å². The topological polar surface area (TPSA) is 56.8 Å². The maximum atomic E-state index is 15.8. The second kappa shape index (κ2) is 10.6. The Kier molecular flexibility index (Phi) is 7.36. The van der Waals surface area contributed by atoms with Gasteiger partial charge in [-0.15, -0.1) is 0 Å². The van der Waals surface area contributed by atoms with Crippen LogP contribution in [0.1, 0.15) is 25.0 Å². The van der Waals surface area contributed by atoms with E-state index in [0.717, 1.165) is 0 Å². The zero-order valence-corrected chi connectivity index (χ0v) is 17.8. The van der Waals surface area contributed by atoms with Crippen molar-refractivity contribution in [1.82, 2.24) is 0 Å². The van der Waals surface area contributed by atoms with Gasteiger partial charge in [-0.05, 0) is 23.3 Å². The van der Waals surface area contributed by atoms with E-state index >= 15 is 4.39 Å². The first-order chi connectivity index (χ1) is 15.7. The Labute approximate surface area is 187 Å². The summed E-state index contributed by atoms with van der Waals surface area (Å²) < 4.78 is 21.6. The van der Waals surface area contributed by atoms with E-state index in [1.165, 1.54) is 0 Å². The number of benzene rings is 4. The van der Waals surface area contributed by atoms with Crippen molar-refractivity contribution in [3.63, 3.8) is 0 Å². The minimum Gasteiger partial charge on any atom is -0.454 e. The molecule has 0 aliphatic heterocycles. The summed E-state index contributed by atoms with van der Waals surface area (Å²) in [6.45, 7) is 4.00. The first kappa shape index (κ1) is 22.3. The molecular formula is C28H21FN2O. The molecule has 0 amide bonds. The molecule has 0 saturated carbocycles. The van der Waals surface area contributed by atoms with E-state index in [0.29, 0.717) is 22.4 Å². The first-order valence-electron chi connectivity index (χ1n) is 10.3. The van der Waals surface area contributed by atoms with E-state index in [9.17, 15) is 10.5 Å². The van der Waals surface area contributed by atoms with Gasteiger partial charge >= 0.3 is 0 Å². The van der Waals surface area contributed by atoms with Gasteiger partial charge in [0, 0.05) is 11.1 Å². The molecule has 0 saturated heterocycles. The fourth-order valence-corrected chi connectivity index (χ4v) is 3.38. The van der Waals surface area contributed by atoms with Crippen LogP contribution < -0.4 is 4.74 Å². The number of nitriles is 2. The molecule has 0 spiro atoms. The molecule has 156 valence electrons. The van der Waals surface area contributed by atoms with Gasteiger partial charge in [-0.2, -0.15) is 10.5 Å². The Hall–Kier alpha value is -4.41. The summed E-state index contributed by atoms with van der Waals surface area (Å²) in [7, 11) is 0. The molecule has 4 heteroatoms. The zero-order chi connectivity index (χ0) is 22.9. The summed E-state index contributed by atoms with van der Waals surface area (Å²) in [5.74, 6) is -0.383. The van der Waals surface area contributed by atoms with E-state index in [2.05, 4.69) is 6.07 Å². The maximum Gasteiger partial charge on any atom is 0.166 e. The fourth-order valence-electron chi connectivity index (χ4n) is 3.38. The average Bonchev–Trinajstić information content (AvgIpc) is 2.87. The summed E-state index contributed by atoms with van der Waals surface area (Å²) in [4.78, 5) is 0. The van der Waals surface area contributed by atoms with Crippen LogP contribution in [0, 0.1) is 28.5 Å². The smallest absolute Gasteiger partial charge is 0.166 e. The third kappa shape index (κ3) is 4.36. The molecule has 0 atom stereocenters. The molecular weight excluding hydrogens is 399 g/mol. The van der Waals surface area contributed by atoms with E-state index in [1.807, 2.05) is 50.2 Å². The van der Waals surface area contributed by atoms with Crippen molar-refractivity contribution in [2.75, 3.05) is 0 Å². The second-order valence-electron chi connectivity index (χ2n) is 6.51. The van der Waals surface area contributed by atoms with E-state index < -0.39 is 5.82 Å². The van der Waals surface area contributed by atoms with Crippen LogP contribution in [0.3, 0.4) is 0 Å². The van der Waals surface area contributed by atoms with Crippen LogP contribution >= 0.6 is 0 Å². The molecule has 0 unspecified atom stereocenters. The fraction of sp³-hybridized carbons (Fsp3) is 0.0714. The van der Waals surface area contributed by atoms with Crippen molar-refractivity contribution in [2.45, 2.75) is 13.8 Å². The Morgan fingerprint density at radius 3 is 1.53 bits per heavy atom. The normalized spacial score (nSPS) is 9.66. The molecule has 0 bridgehead atoms. The zero-order valence-electron chi connectivity index (χ0n) is 17.8. The Morgan fingerprint density at radius 2 is 1.06 bits per heavy atom. The minimum atomic E-state index is -0.715. The standard InChI is InChI=1S/C26H15FN2O.C2H6/c27-25-22(17-29)26(30-20-14-8-3-9-15-20)21(16-28)23(18-10-4-1-5-11-18)24(25)19-12-6-2-7-13-19;1-2/h1-15H;1-2H3. The predicted octanol–water partition coefficient (Wildman–Crippen LogP) is 7.72. The molecule has 32 heavy (non-hydrogen) atoms. The molecule has 4 rings (SSSR count). The van der Waals surface area contributed by atoms with E-state index in [-0.39, 0.29) is 22.4 Å². The Balaban J connectivity index is 0.00000141. The number of para-hydroxylation sites is 1. The van der Waals surface area contributed by atoms with Crippen molar-refractivity contribution in [1.29, 1.82) is 10.5 Å². The monoisotopic (exact) mass is 420 g/mol. The molecule has 0 aliphatic carbocycles. The van der Waals surface area contributed by atoms with Crippen molar-refractivity contribution in [3.8, 4) is 45.9 Å². The lowest BCUT2D eigenvalue weighted by Crippen LogP contribution is -2.03. The molecule has 3 nitrogen and oxygen atoms in total. The second-order valence-corrected chi connectivity index (χ2v) is 6.51. The highest BCUT2D eigenvalue weighted by molar-refractivity contribution is 5.91. The van der Waals surface area contributed by atoms with Crippen molar-refractivity contribution in [3.05, 3.63) is 108 Å². The van der Waals surface area contributed by atoms with E-state index in [1.54, 1.807) is 60.7 Å². The average molecular weight is 420 g/mol. The molecule has 4 aromatic carbocycles. The highest BCUT2D eigenvalue weighted by Crippen LogP contribution is 2.44. The molecule has 0 N–H and O–H groups in total. The first-order valence-corrected chi connectivity index (χ1v) is 10.3. The third-order valence-electron chi connectivity index (χ3n) is 4.70. The molecule has 4 aromatic rings. The highest BCUT2D eigenvalue weighted by atomic mass is 19.1. The van der Waals surface area contributed by atoms with Crippen molar-refractivity contribution in [2.24, 2.45) is 0 Å². The van der Waals surface area contributed by atoms with Crippen LogP contribution in [0.25, 0.3) is 22.3 Å². The van der Waals surface area contributed by atoms with Crippen LogP contribution in [-0.4, -0.2) is 0 Å². The predicted molar refractivity (Wildman–Crippen MR) is 125 cm³/mol. The summed E-state index contributed by atoms with van der Waals surface area (Å²) in [6, 6.07) is 30.8. The number of ether oxygens (including phenoxy) is 1. The van der Waals surface area contributed by atoms with Gasteiger partial charge < -0.3 is 4.74 Å². The van der Waals surface area contributed by atoms with Gasteiger partial charge in [-0.1, -0.05) is 92.7 Å². The Morgan fingerprint density at radius 1 is 0.625 bits per heavy atom. The maximum absolute atomic E-state index is 15.8. The summed E-state index contributed by atoms with van der Waals surface area (Å²) >= 11 is 0. The quantitative estimate of drug-likeness (QED) is 0.339. The highest BCUT2D eigenvalue weighted by Gasteiger charge is 2.27. The lowest BCUT2D eigenvalue weighted by molar-refractivity contribution is 0.473. The molecule has 0 aliphatic rings. The summed E-state index contributed by atoms with van der Waals surface area (Å²) in [5, 5.41) is 19.8. The van der Waals surface area contributed by atoms with Crippen LogP contribution in [0.4, 0.5) is 4.39 Å². The van der Waals surface area contributed by atoms with Crippen LogP contribution in [0.15, 0.2) is 91.0 Å². The SMILES string of the molecule is CC.N#Cc1c(F)c(-c2ccccc2)c(-c2ccccc2)c(C#N)c1Oc1ccccc1. The lowest BCUT2D eigenvalue weighted by atomic mass is 9.87.